The maximum atomic E-state index is 4.07. The van der Waals surface area contributed by atoms with Gasteiger partial charge in [0.1, 0.15) is 0 Å². The van der Waals surface area contributed by atoms with Gasteiger partial charge in [-0.15, -0.1) is 23.5 Å². The summed E-state index contributed by atoms with van der Waals surface area (Å²) in [6.07, 6.45) is 4.97. The quantitative estimate of drug-likeness (QED) is 0.687. The monoisotopic (exact) mass is 269 g/mol. The van der Waals surface area contributed by atoms with Gasteiger partial charge in [-0.2, -0.15) is 0 Å². The molecule has 2 unspecified atom stereocenters. The first kappa shape index (κ1) is 14.9. The van der Waals surface area contributed by atoms with Gasteiger partial charge in [0, 0.05) is 22.4 Å². The van der Waals surface area contributed by atoms with Gasteiger partial charge >= 0.3 is 0 Å². The highest BCUT2D eigenvalue weighted by Crippen LogP contribution is 2.42. The van der Waals surface area contributed by atoms with Crippen LogP contribution in [0.1, 0.15) is 51.9 Å². The fourth-order valence-electron chi connectivity index (χ4n) is 1.54. The Hall–Kier alpha value is -0.150. The molecule has 0 radical (unpaired) electrons. The summed E-state index contributed by atoms with van der Waals surface area (Å²) in [4.78, 5) is 4.07. The van der Waals surface area contributed by atoms with Crippen LogP contribution in [0.5, 0.6) is 0 Å². The Balaban J connectivity index is 2.57. The van der Waals surface area contributed by atoms with Crippen LogP contribution in [-0.4, -0.2) is 14.3 Å². The Kier molecular flexibility index (Phi) is 5.87. The standard InChI is InChI=1S/C14H23NS2/c1-6-13(17-14(3,4)5)16-11(2)12-7-9-15-10-8-12/h7-11,13H,6H2,1-5H3. The minimum atomic E-state index is 0.339. The number of thioether (sulfide) groups is 2. The Morgan fingerprint density at radius 2 is 1.82 bits per heavy atom. The van der Waals surface area contributed by atoms with Crippen molar-refractivity contribution < 1.29 is 0 Å². The van der Waals surface area contributed by atoms with Crippen molar-refractivity contribution in [1.29, 1.82) is 0 Å². The zero-order chi connectivity index (χ0) is 12.9. The second-order valence-corrected chi connectivity index (χ2v) is 9.00. The van der Waals surface area contributed by atoms with E-state index in [2.05, 4.69) is 75.3 Å². The van der Waals surface area contributed by atoms with Gasteiger partial charge in [0.05, 0.1) is 4.58 Å². The second kappa shape index (κ2) is 6.69. The van der Waals surface area contributed by atoms with Crippen LogP contribution in [0.2, 0.25) is 0 Å². The summed E-state index contributed by atoms with van der Waals surface area (Å²) in [7, 11) is 0. The van der Waals surface area contributed by atoms with E-state index in [1.165, 1.54) is 12.0 Å². The van der Waals surface area contributed by atoms with Gasteiger partial charge in [0.25, 0.3) is 0 Å². The first-order chi connectivity index (χ1) is 7.92. The van der Waals surface area contributed by atoms with Crippen molar-refractivity contribution in [3.63, 3.8) is 0 Å². The smallest absolute Gasteiger partial charge is 0.0511 e. The van der Waals surface area contributed by atoms with E-state index < -0.39 is 0 Å². The summed E-state index contributed by atoms with van der Waals surface area (Å²) in [5.41, 5.74) is 1.37. The lowest BCUT2D eigenvalue weighted by atomic mass is 10.2. The minimum absolute atomic E-state index is 0.339. The molecule has 0 N–H and O–H groups in total. The van der Waals surface area contributed by atoms with E-state index in [0.717, 1.165) is 0 Å². The third-order valence-corrected chi connectivity index (χ3v) is 5.59. The largest absolute Gasteiger partial charge is 0.265 e. The van der Waals surface area contributed by atoms with Crippen molar-refractivity contribution >= 4 is 23.5 Å². The Morgan fingerprint density at radius 1 is 1.24 bits per heavy atom. The molecule has 0 amide bonds. The molecule has 0 aliphatic carbocycles. The Morgan fingerprint density at radius 3 is 2.29 bits per heavy atom. The maximum Gasteiger partial charge on any atom is 0.0511 e. The van der Waals surface area contributed by atoms with E-state index in [4.69, 9.17) is 0 Å². The van der Waals surface area contributed by atoms with E-state index in [-0.39, 0.29) is 0 Å². The number of aromatic nitrogens is 1. The number of nitrogens with zero attached hydrogens (tertiary/aromatic N) is 1. The zero-order valence-electron chi connectivity index (χ0n) is 11.4. The molecular formula is C14H23NS2. The molecular weight excluding hydrogens is 246 g/mol. The molecule has 0 bridgehead atoms. The van der Waals surface area contributed by atoms with Gasteiger partial charge in [-0.25, -0.2) is 0 Å². The Bertz CT molecular complexity index is 319. The third kappa shape index (κ3) is 5.82. The van der Waals surface area contributed by atoms with Gasteiger partial charge < -0.3 is 0 Å². The van der Waals surface area contributed by atoms with Crippen LogP contribution in [0, 0.1) is 0 Å². The fraction of sp³-hybridized carbons (Fsp3) is 0.643. The second-order valence-electron chi connectivity index (χ2n) is 5.13. The van der Waals surface area contributed by atoms with Crippen LogP contribution >= 0.6 is 23.5 Å². The fourth-order valence-corrected chi connectivity index (χ4v) is 5.05. The molecule has 1 heterocycles. The highest BCUT2D eigenvalue weighted by atomic mass is 32.2. The lowest BCUT2D eigenvalue weighted by Gasteiger charge is -2.26. The van der Waals surface area contributed by atoms with Crippen molar-refractivity contribution in [2.75, 3.05) is 0 Å². The van der Waals surface area contributed by atoms with Crippen molar-refractivity contribution in [3.05, 3.63) is 30.1 Å². The molecule has 0 aromatic carbocycles. The van der Waals surface area contributed by atoms with E-state index in [1.807, 2.05) is 12.4 Å². The highest BCUT2D eigenvalue weighted by molar-refractivity contribution is 8.17. The van der Waals surface area contributed by atoms with Gasteiger partial charge in [-0.05, 0) is 31.0 Å². The first-order valence-corrected chi connectivity index (χ1v) is 7.98. The van der Waals surface area contributed by atoms with E-state index in [9.17, 15) is 0 Å². The summed E-state index contributed by atoms with van der Waals surface area (Å²) < 4.78 is 1.00. The van der Waals surface area contributed by atoms with E-state index in [1.54, 1.807) is 0 Å². The van der Waals surface area contributed by atoms with Crippen molar-refractivity contribution in [3.8, 4) is 0 Å². The zero-order valence-corrected chi connectivity index (χ0v) is 13.1. The van der Waals surface area contributed by atoms with Gasteiger partial charge in [0.2, 0.25) is 0 Å². The summed E-state index contributed by atoms with van der Waals surface area (Å²) in [6, 6.07) is 4.23. The molecule has 0 fully saturated rings. The van der Waals surface area contributed by atoms with Crippen molar-refractivity contribution in [1.82, 2.24) is 4.98 Å². The van der Waals surface area contributed by atoms with Gasteiger partial charge in [-0.3, -0.25) is 4.98 Å². The molecule has 17 heavy (non-hydrogen) atoms. The molecule has 0 aliphatic heterocycles. The molecule has 96 valence electrons. The predicted octanol–water partition coefficient (Wildman–Crippen LogP) is 5.14. The molecule has 1 aromatic rings. The Labute approximate surface area is 114 Å². The summed E-state index contributed by atoms with van der Waals surface area (Å²) in [6.45, 7) is 11.4. The molecule has 1 rings (SSSR count). The normalized spacial score (nSPS) is 15.6. The van der Waals surface area contributed by atoms with Crippen molar-refractivity contribution in [2.24, 2.45) is 0 Å². The highest BCUT2D eigenvalue weighted by Gasteiger charge is 2.20. The molecule has 0 aliphatic rings. The molecule has 1 nitrogen and oxygen atoms in total. The lowest BCUT2D eigenvalue weighted by molar-refractivity contribution is 0.797. The third-order valence-electron chi connectivity index (χ3n) is 2.35. The van der Waals surface area contributed by atoms with Crippen LogP contribution in [0.15, 0.2) is 24.5 Å². The summed E-state index contributed by atoms with van der Waals surface area (Å²) in [5, 5.41) is 0.540. The average molecular weight is 269 g/mol. The maximum absolute atomic E-state index is 4.07. The predicted molar refractivity (Wildman–Crippen MR) is 81.7 cm³/mol. The number of pyridine rings is 1. The van der Waals surface area contributed by atoms with Crippen LogP contribution in [0.4, 0.5) is 0 Å². The van der Waals surface area contributed by atoms with Gasteiger partial charge in [-0.1, -0.05) is 27.7 Å². The topological polar surface area (TPSA) is 12.9 Å². The number of hydrogen-bond donors (Lipinski definition) is 0. The van der Waals surface area contributed by atoms with Crippen LogP contribution in [0.3, 0.4) is 0 Å². The van der Waals surface area contributed by atoms with Crippen LogP contribution in [0.25, 0.3) is 0 Å². The lowest BCUT2D eigenvalue weighted by Crippen LogP contribution is -2.13. The van der Waals surface area contributed by atoms with Crippen molar-refractivity contribution in [2.45, 2.75) is 55.6 Å². The number of hydrogen-bond acceptors (Lipinski definition) is 3. The molecule has 2 atom stereocenters. The molecule has 0 saturated heterocycles. The van der Waals surface area contributed by atoms with Crippen LogP contribution < -0.4 is 0 Å². The van der Waals surface area contributed by atoms with Crippen LogP contribution in [-0.2, 0) is 0 Å². The minimum Gasteiger partial charge on any atom is -0.265 e. The molecule has 0 spiro atoms. The summed E-state index contributed by atoms with van der Waals surface area (Å²) in [5.74, 6) is 0. The van der Waals surface area contributed by atoms with E-state index >= 15 is 0 Å². The first-order valence-electron chi connectivity index (χ1n) is 6.15. The molecule has 1 aromatic heterocycles. The molecule has 3 heteroatoms. The van der Waals surface area contributed by atoms with E-state index in [0.29, 0.717) is 14.6 Å². The average Bonchev–Trinajstić information content (AvgIpc) is 2.27. The van der Waals surface area contributed by atoms with Gasteiger partial charge in [0.15, 0.2) is 0 Å². The number of rotatable bonds is 5. The summed E-state index contributed by atoms with van der Waals surface area (Å²) >= 11 is 4.13. The SMILES string of the molecule is CCC(SC(C)c1ccncc1)SC(C)(C)C. The molecule has 0 saturated carbocycles.